The first-order chi connectivity index (χ1) is 9.86. The molecule has 1 heterocycles. The van der Waals surface area contributed by atoms with Crippen molar-refractivity contribution in [2.75, 3.05) is 26.0 Å². The van der Waals surface area contributed by atoms with Crippen LogP contribution < -0.4 is 11.1 Å². The number of hydrogen-bond donors (Lipinski definition) is 2. The number of rotatable bonds is 6. The highest BCUT2D eigenvalue weighted by molar-refractivity contribution is 7.89. The zero-order chi connectivity index (χ0) is 15.6. The molecule has 0 aliphatic heterocycles. The Morgan fingerprint density at radius 1 is 1.48 bits per heavy atom. The second-order valence-electron chi connectivity index (χ2n) is 5.23. The van der Waals surface area contributed by atoms with Crippen LogP contribution in [0.5, 0.6) is 0 Å². The SMILES string of the molecule is CCOC1CC(N)C1Nc1ccc(S(=O)(=O)N(C)C)cn1. The maximum atomic E-state index is 11.9. The van der Waals surface area contributed by atoms with Crippen molar-refractivity contribution in [3.05, 3.63) is 18.3 Å². The average Bonchev–Trinajstić information content (AvgIpc) is 2.45. The fourth-order valence-corrected chi connectivity index (χ4v) is 3.07. The summed E-state index contributed by atoms with van der Waals surface area (Å²) in [5.41, 5.74) is 5.96. The van der Waals surface area contributed by atoms with Gasteiger partial charge in [-0.15, -0.1) is 0 Å². The largest absolute Gasteiger partial charge is 0.376 e. The minimum absolute atomic E-state index is 0.00811. The van der Waals surface area contributed by atoms with E-state index in [0.29, 0.717) is 12.4 Å². The number of anilines is 1. The number of nitrogens with two attached hydrogens (primary N) is 1. The summed E-state index contributed by atoms with van der Waals surface area (Å²) in [6, 6.07) is 3.21. The lowest BCUT2D eigenvalue weighted by molar-refractivity contribution is -0.0127. The Labute approximate surface area is 125 Å². The molecule has 8 heteroatoms. The Morgan fingerprint density at radius 3 is 2.67 bits per heavy atom. The summed E-state index contributed by atoms with van der Waals surface area (Å²) < 4.78 is 30.6. The molecule has 1 fully saturated rings. The maximum Gasteiger partial charge on any atom is 0.244 e. The van der Waals surface area contributed by atoms with Gasteiger partial charge < -0.3 is 15.8 Å². The van der Waals surface area contributed by atoms with E-state index in [-0.39, 0.29) is 23.1 Å². The first-order valence-corrected chi connectivity index (χ1v) is 8.32. The van der Waals surface area contributed by atoms with Gasteiger partial charge in [0, 0.05) is 32.9 Å². The van der Waals surface area contributed by atoms with Crippen LogP contribution in [0.1, 0.15) is 13.3 Å². The molecule has 0 radical (unpaired) electrons. The van der Waals surface area contributed by atoms with Crippen molar-refractivity contribution >= 4 is 15.8 Å². The molecule has 0 saturated heterocycles. The molecule has 3 unspecified atom stereocenters. The van der Waals surface area contributed by atoms with Gasteiger partial charge in [0.05, 0.1) is 12.1 Å². The van der Waals surface area contributed by atoms with Crippen LogP contribution in [0.4, 0.5) is 5.82 Å². The summed E-state index contributed by atoms with van der Waals surface area (Å²) in [7, 11) is -0.475. The van der Waals surface area contributed by atoms with Crippen molar-refractivity contribution < 1.29 is 13.2 Å². The number of nitrogens with one attached hydrogen (secondary N) is 1. The fourth-order valence-electron chi connectivity index (χ4n) is 2.23. The molecule has 1 aromatic heterocycles. The van der Waals surface area contributed by atoms with Crippen LogP contribution in [0.3, 0.4) is 0 Å². The summed E-state index contributed by atoms with van der Waals surface area (Å²) in [5, 5.41) is 3.20. The van der Waals surface area contributed by atoms with Gasteiger partial charge >= 0.3 is 0 Å². The van der Waals surface area contributed by atoms with Crippen LogP contribution in [0, 0.1) is 0 Å². The molecule has 1 aliphatic rings. The average molecular weight is 314 g/mol. The van der Waals surface area contributed by atoms with Gasteiger partial charge in [-0.25, -0.2) is 17.7 Å². The summed E-state index contributed by atoms with van der Waals surface area (Å²) in [6.07, 6.45) is 2.24. The van der Waals surface area contributed by atoms with Crippen molar-refractivity contribution in [2.24, 2.45) is 5.73 Å². The molecule has 0 bridgehead atoms. The van der Waals surface area contributed by atoms with Gasteiger partial charge in [0.1, 0.15) is 10.7 Å². The van der Waals surface area contributed by atoms with E-state index in [1.54, 1.807) is 6.07 Å². The highest BCUT2D eigenvalue weighted by Crippen LogP contribution is 2.26. The van der Waals surface area contributed by atoms with Gasteiger partial charge in [-0.3, -0.25) is 0 Å². The van der Waals surface area contributed by atoms with Crippen LogP contribution in [-0.4, -0.2) is 56.6 Å². The molecule has 21 heavy (non-hydrogen) atoms. The van der Waals surface area contributed by atoms with E-state index < -0.39 is 10.0 Å². The van der Waals surface area contributed by atoms with Gasteiger partial charge in [-0.05, 0) is 25.5 Å². The third kappa shape index (κ3) is 3.34. The number of pyridine rings is 1. The van der Waals surface area contributed by atoms with E-state index in [4.69, 9.17) is 10.5 Å². The molecule has 3 N–H and O–H groups in total. The smallest absolute Gasteiger partial charge is 0.244 e. The Morgan fingerprint density at radius 2 is 2.19 bits per heavy atom. The standard InChI is InChI=1S/C13H22N4O3S/c1-4-20-11-7-10(14)13(11)16-12-6-5-9(8-15-12)21(18,19)17(2)3/h5-6,8,10-11,13H,4,7,14H2,1-3H3,(H,15,16). The maximum absolute atomic E-state index is 11.9. The van der Waals surface area contributed by atoms with Crippen LogP contribution in [0.25, 0.3) is 0 Å². The number of hydrogen-bond acceptors (Lipinski definition) is 6. The van der Waals surface area contributed by atoms with Gasteiger partial charge in [0.25, 0.3) is 0 Å². The fraction of sp³-hybridized carbons (Fsp3) is 0.615. The molecule has 3 atom stereocenters. The summed E-state index contributed by atoms with van der Waals surface area (Å²) in [6.45, 7) is 2.59. The van der Waals surface area contributed by atoms with E-state index >= 15 is 0 Å². The molecule has 7 nitrogen and oxygen atoms in total. The van der Waals surface area contributed by atoms with E-state index in [1.165, 1.54) is 26.4 Å². The Kier molecular flexibility index (Phi) is 4.82. The number of nitrogens with zero attached hydrogens (tertiary/aromatic N) is 2. The molecule has 2 rings (SSSR count). The summed E-state index contributed by atoms with van der Waals surface area (Å²) in [4.78, 5) is 4.31. The molecular formula is C13H22N4O3S. The molecule has 1 aliphatic carbocycles. The third-order valence-electron chi connectivity index (χ3n) is 3.58. The lowest BCUT2D eigenvalue weighted by atomic mass is 9.83. The van der Waals surface area contributed by atoms with Crippen LogP contribution in [0.2, 0.25) is 0 Å². The predicted octanol–water partition coefficient (Wildman–Crippen LogP) is 0.249. The quantitative estimate of drug-likeness (QED) is 0.781. The van der Waals surface area contributed by atoms with Crippen molar-refractivity contribution in [1.29, 1.82) is 0 Å². The van der Waals surface area contributed by atoms with Crippen molar-refractivity contribution in [1.82, 2.24) is 9.29 Å². The molecule has 1 aromatic rings. The zero-order valence-corrected chi connectivity index (χ0v) is 13.3. The summed E-state index contributed by atoms with van der Waals surface area (Å²) in [5.74, 6) is 0.595. The second kappa shape index (κ2) is 6.27. The lowest BCUT2D eigenvalue weighted by Crippen LogP contribution is -2.60. The summed E-state index contributed by atoms with van der Waals surface area (Å²) >= 11 is 0. The highest BCUT2D eigenvalue weighted by atomic mass is 32.2. The van der Waals surface area contributed by atoms with Crippen LogP contribution in [-0.2, 0) is 14.8 Å². The van der Waals surface area contributed by atoms with Crippen molar-refractivity contribution in [3.63, 3.8) is 0 Å². The van der Waals surface area contributed by atoms with E-state index in [1.807, 2.05) is 6.92 Å². The second-order valence-corrected chi connectivity index (χ2v) is 7.38. The first-order valence-electron chi connectivity index (χ1n) is 6.88. The van der Waals surface area contributed by atoms with Crippen molar-refractivity contribution in [3.8, 4) is 0 Å². The van der Waals surface area contributed by atoms with E-state index in [0.717, 1.165) is 10.7 Å². The molecule has 0 amide bonds. The normalized spacial score (nSPS) is 25.7. The third-order valence-corrected chi connectivity index (χ3v) is 5.38. The topological polar surface area (TPSA) is 97.5 Å². The van der Waals surface area contributed by atoms with Gasteiger partial charge in [0.15, 0.2) is 0 Å². The molecule has 0 aromatic carbocycles. The minimum atomic E-state index is -3.45. The number of sulfonamides is 1. The minimum Gasteiger partial charge on any atom is -0.376 e. The Hall–Kier alpha value is -1.22. The van der Waals surface area contributed by atoms with Gasteiger partial charge in [-0.1, -0.05) is 0 Å². The van der Waals surface area contributed by atoms with E-state index in [9.17, 15) is 8.42 Å². The zero-order valence-electron chi connectivity index (χ0n) is 12.5. The number of aromatic nitrogens is 1. The Balaban J connectivity index is 2.06. The highest BCUT2D eigenvalue weighted by Gasteiger charge is 2.39. The molecule has 0 spiro atoms. The van der Waals surface area contributed by atoms with Gasteiger partial charge in [-0.2, -0.15) is 0 Å². The van der Waals surface area contributed by atoms with E-state index in [2.05, 4.69) is 10.3 Å². The molecular weight excluding hydrogens is 292 g/mol. The molecule has 118 valence electrons. The van der Waals surface area contributed by atoms with Crippen molar-refractivity contribution in [2.45, 2.75) is 36.4 Å². The Bertz CT molecular complexity index is 572. The van der Waals surface area contributed by atoms with Crippen LogP contribution in [0.15, 0.2) is 23.2 Å². The lowest BCUT2D eigenvalue weighted by Gasteiger charge is -2.42. The first kappa shape index (κ1) is 16.2. The predicted molar refractivity (Wildman–Crippen MR) is 80.5 cm³/mol. The number of ether oxygens (including phenoxy) is 1. The molecule has 1 saturated carbocycles. The van der Waals surface area contributed by atoms with Crippen LogP contribution >= 0.6 is 0 Å². The van der Waals surface area contributed by atoms with Gasteiger partial charge in [0.2, 0.25) is 10.0 Å². The monoisotopic (exact) mass is 314 g/mol.